The van der Waals surface area contributed by atoms with Gasteiger partial charge in [-0.1, -0.05) is 19.8 Å². The van der Waals surface area contributed by atoms with Crippen LogP contribution in [0.2, 0.25) is 0 Å². The zero-order valence-corrected chi connectivity index (χ0v) is 25.1. The lowest BCUT2D eigenvalue weighted by Gasteiger charge is -2.39. The number of unbranched alkanes of at least 4 members (excludes halogenated alkanes) is 1. The average molecular weight is 645 g/mol. The van der Waals surface area contributed by atoms with Crippen LogP contribution >= 0.6 is 0 Å². The molecule has 248 valence electrons. The van der Waals surface area contributed by atoms with Crippen LogP contribution in [0, 0.1) is 0 Å². The highest BCUT2D eigenvalue weighted by atomic mass is 17.2. The topological polar surface area (TPSA) is 189 Å². The highest BCUT2D eigenvalue weighted by Crippen LogP contribution is 2.58. The number of carboxylic acids is 1. The van der Waals surface area contributed by atoms with Crippen molar-refractivity contribution in [2.75, 3.05) is 20.0 Å². The number of hydrogen-bond donors (Lipinski definition) is 4. The van der Waals surface area contributed by atoms with E-state index in [4.69, 9.17) is 43.3 Å². The second-order valence-corrected chi connectivity index (χ2v) is 12.2. The summed E-state index contributed by atoms with van der Waals surface area (Å²) >= 11 is 0. The summed E-state index contributed by atoms with van der Waals surface area (Å²) in [4.78, 5) is 33.7. The molecule has 0 aromatic heterocycles. The molecule has 14 heteroatoms. The molecular weight excluding hydrogens is 608 g/mol. The van der Waals surface area contributed by atoms with Crippen LogP contribution in [-0.4, -0.2) is 83.1 Å². The van der Waals surface area contributed by atoms with Gasteiger partial charge < -0.3 is 53.7 Å². The summed E-state index contributed by atoms with van der Waals surface area (Å²) in [5.74, 6) is 0.832. The number of fused-ring (bicyclic) bond motifs is 8. The van der Waals surface area contributed by atoms with Gasteiger partial charge in [-0.3, -0.25) is 9.59 Å². The molecule has 0 bridgehead atoms. The Bertz CT molecular complexity index is 1510. The van der Waals surface area contributed by atoms with Gasteiger partial charge in [0.15, 0.2) is 29.6 Å². The third-order valence-electron chi connectivity index (χ3n) is 9.33. The molecule has 2 aromatic rings. The van der Waals surface area contributed by atoms with Crippen LogP contribution in [-0.2, 0) is 30.4 Å². The molecule has 0 amide bonds. The van der Waals surface area contributed by atoms with Crippen molar-refractivity contribution in [3.8, 4) is 28.7 Å². The summed E-state index contributed by atoms with van der Waals surface area (Å²) in [5.41, 5.74) is 3.70. The zero-order valence-electron chi connectivity index (χ0n) is 25.1. The molecule has 5 aliphatic rings. The Balaban J connectivity index is 1.12. The van der Waals surface area contributed by atoms with Crippen LogP contribution in [0.1, 0.15) is 79.2 Å². The van der Waals surface area contributed by atoms with E-state index < -0.39 is 55.7 Å². The third kappa shape index (κ3) is 5.47. The van der Waals surface area contributed by atoms with Crippen molar-refractivity contribution in [1.82, 2.24) is 0 Å². The molecule has 0 radical (unpaired) electrons. The van der Waals surface area contributed by atoms with Gasteiger partial charge in [0.2, 0.25) is 6.79 Å². The molecule has 0 spiro atoms. The van der Waals surface area contributed by atoms with Crippen LogP contribution in [0.4, 0.5) is 0 Å². The van der Waals surface area contributed by atoms with Gasteiger partial charge in [0, 0.05) is 28.3 Å². The maximum atomic E-state index is 11.6. The minimum Gasteiger partial charge on any atom is -0.492 e. The third-order valence-corrected chi connectivity index (χ3v) is 9.33. The van der Waals surface area contributed by atoms with E-state index in [1.165, 1.54) is 0 Å². The first-order valence-corrected chi connectivity index (χ1v) is 15.6. The molecule has 4 heterocycles. The predicted molar refractivity (Wildman–Crippen MR) is 153 cm³/mol. The van der Waals surface area contributed by atoms with Crippen LogP contribution in [0.25, 0.3) is 0 Å². The molecule has 46 heavy (non-hydrogen) atoms. The quantitative estimate of drug-likeness (QED) is 0.128. The summed E-state index contributed by atoms with van der Waals surface area (Å²) in [6, 6.07) is 5.58. The maximum absolute atomic E-state index is 11.6. The normalized spacial score (nSPS) is 29.9. The SMILES string of the molecule is CCCC[C@@H]1CCc2c(OO[C@H]3[C@@H](O)[C@H](O)[C@@H](COC(=O)CC(=O)O)O[C@H]3O)cc3c(c21)OC[C@@H]1c2cc4c(cc2O[C@@H]31)OCO4. The number of aliphatic hydroxyl groups is 3. The van der Waals surface area contributed by atoms with Gasteiger partial charge >= 0.3 is 11.9 Å². The number of aliphatic carboxylic acids is 1. The summed E-state index contributed by atoms with van der Waals surface area (Å²) < 4.78 is 34.3. The van der Waals surface area contributed by atoms with Crippen LogP contribution < -0.4 is 23.8 Å². The molecule has 8 atom stereocenters. The summed E-state index contributed by atoms with van der Waals surface area (Å²) in [5, 5.41) is 40.8. The molecule has 2 aromatic carbocycles. The van der Waals surface area contributed by atoms with E-state index in [1.54, 1.807) is 0 Å². The smallest absolute Gasteiger partial charge is 0.317 e. The van der Waals surface area contributed by atoms with Crippen molar-refractivity contribution < 1.29 is 68.2 Å². The van der Waals surface area contributed by atoms with E-state index >= 15 is 0 Å². The van der Waals surface area contributed by atoms with Crippen molar-refractivity contribution in [3.63, 3.8) is 0 Å². The number of ether oxygens (including phenoxy) is 6. The van der Waals surface area contributed by atoms with Gasteiger partial charge in [0.1, 0.15) is 48.9 Å². The standard InChI is InChI=1S/C32H36O14/c1-2-3-4-14-5-6-15-20(45-46-31-28(37)27(36)23(44-32(31)38)12-39-25(35)10-24(33)34)8-17-29-18(11-40-30(17)26(14)15)16-7-21-22(42-13-41-21)9-19(16)43-29/h7-9,14,18,23,27-29,31-32,36-38H,2-6,10-13H2,1H3,(H,33,34)/t14-,18-,23-,27-,28+,29+,31+,32-/m1/s1. The fourth-order valence-corrected chi connectivity index (χ4v) is 7.02. The lowest BCUT2D eigenvalue weighted by molar-refractivity contribution is -0.365. The number of aliphatic hydroxyl groups excluding tert-OH is 3. The van der Waals surface area contributed by atoms with Crippen molar-refractivity contribution in [2.45, 2.75) is 94.1 Å². The Morgan fingerprint density at radius 2 is 1.80 bits per heavy atom. The van der Waals surface area contributed by atoms with Gasteiger partial charge in [-0.05, 0) is 37.3 Å². The van der Waals surface area contributed by atoms with Gasteiger partial charge in [-0.15, -0.1) is 0 Å². The lowest BCUT2D eigenvalue weighted by Crippen LogP contribution is -2.59. The molecular formula is C32H36O14. The van der Waals surface area contributed by atoms with Gasteiger partial charge in [0.25, 0.3) is 0 Å². The van der Waals surface area contributed by atoms with E-state index in [9.17, 15) is 24.9 Å². The zero-order chi connectivity index (χ0) is 32.1. The van der Waals surface area contributed by atoms with Gasteiger partial charge in [0.05, 0.1) is 12.5 Å². The van der Waals surface area contributed by atoms with Gasteiger partial charge in [-0.2, -0.15) is 4.89 Å². The molecule has 7 rings (SSSR count). The number of carbonyl (C=O) groups is 2. The number of carboxylic acid groups (broad SMARTS) is 1. The Kier molecular flexibility index (Phi) is 8.32. The number of carbonyl (C=O) groups excluding carboxylic acids is 1. The first kappa shape index (κ1) is 30.8. The number of esters is 1. The molecule has 1 aliphatic carbocycles. The van der Waals surface area contributed by atoms with Crippen LogP contribution in [0.15, 0.2) is 18.2 Å². The minimum atomic E-state index is -1.77. The van der Waals surface area contributed by atoms with Crippen molar-refractivity contribution in [1.29, 1.82) is 0 Å². The number of rotatable bonds is 10. The fourth-order valence-electron chi connectivity index (χ4n) is 7.02. The van der Waals surface area contributed by atoms with Crippen molar-refractivity contribution in [2.24, 2.45) is 0 Å². The van der Waals surface area contributed by atoms with E-state index in [2.05, 4.69) is 6.92 Å². The van der Waals surface area contributed by atoms with E-state index in [0.29, 0.717) is 36.0 Å². The maximum Gasteiger partial charge on any atom is 0.317 e. The molecule has 4 N–H and O–H groups in total. The van der Waals surface area contributed by atoms with E-state index in [-0.39, 0.29) is 24.7 Å². The highest BCUT2D eigenvalue weighted by Gasteiger charge is 2.48. The van der Waals surface area contributed by atoms with E-state index in [1.807, 2.05) is 18.2 Å². The Morgan fingerprint density at radius 1 is 1.00 bits per heavy atom. The Morgan fingerprint density at radius 3 is 2.59 bits per heavy atom. The Hall–Kier alpha value is -3.82. The molecule has 0 saturated carbocycles. The molecule has 0 unspecified atom stereocenters. The van der Waals surface area contributed by atoms with Crippen LogP contribution in [0.5, 0.6) is 28.7 Å². The molecule has 1 fully saturated rings. The second-order valence-electron chi connectivity index (χ2n) is 12.2. The fraction of sp³-hybridized carbons (Fsp3) is 0.562. The minimum absolute atomic E-state index is 0.105. The largest absolute Gasteiger partial charge is 0.492 e. The lowest BCUT2D eigenvalue weighted by atomic mass is 9.85. The first-order valence-electron chi connectivity index (χ1n) is 15.6. The van der Waals surface area contributed by atoms with Crippen molar-refractivity contribution >= 4 is 11.9 Å². The van der Waals surface area contributed by atoms with Crippen LogP contribution in [0.3, 0.4) is 0 Å². The predicted octanol–water partition coefficient (Wildman–Crippen LogP) is 2.38. The molecule has 1 saturated heterocycles. The summed E-state index contributed by atoms with van der Waals surface area (Å²) in [6.07, 6.45) is -4.56. The van der Waals surface area contributed by atoms with Gasteiger partial charge in [-0.25, -0.2) is 0 Å². The summed E-state index contributed by atoms with van der Waals surface area (Å²) in [7, 11) is 0. The molecule has 14 nitrogen and oxygen atoms in total. The van der Waals surface area contributed by atoms with Crippen molar-refractivity contribution in [3.05, 3.63) is 40.5 Å². The monoisotopic (exact) mass is 644 g/mol. The highest BCUT2D eigenvalue weighted by molar-refractivity contribution is 5.90. The average Bonchev–Trinajstić information content (AvgIpc) is 3.76. The molecule has 4 aliphatic heterocycles. The van der Waals surface area contributed by atoms with E-state index in [0.717, 1.165) is 53.7 Å². The first-order chi connectivity index (χ1) is 22.2. The number of hydrogen-bond acceptors (Lipinski definition) is 13. The Labute approximate surface area is 263 Å². The second kappa shape index (κ2) is 12.4. The number of benzene rings is 2. The summed E-state index contributed by atoms with van der Waals surface area (Å²) in [6.45, 7) is 2.15.